The highest BCUT2D eigenvalue weighted by atomic mass is 16.6. The summed E-state index contributed by atoms with van der Waals surface area (Å²) in [5, 5.41) is 0. The van der Waals surface area contributed by atoms with Crippen molar-refractivity contribution < 1.29 is 14.3 Å². The van der Waals surface area contributed by atoms with E-state index in [9.17, 15) is 9.59 Å². The summed E-state index contributed by atoms with van der Waals surface area (Å²) in [6, 6.07) is 18.5. The Kier molecular flexibility index (Phi) is 6.47. The monoisotopic (exact) mass is 366 g/mol. The maximum atomic E-state index is 12.9. The first kappa shape index (κ1) is 19.0. The van der Waals surface area contributed by atoms with Gasteiger partial charge in [-0.3, -0.25) is 9.69 Å². The molecule has 5 heteroatoms. The quantitative estimate of drug-likeness (QED) is 0.813. The lowest BCUT2D eigenvalue weighted by Gasteiger charge is -2.34. The fourth-order valence-electron chi connectivity index (χ4n) is 3.68. The van der Waals surface area contributed by atoms with Crippen molar-refractivity contribution in [2.45, 2.75) is 50.8 Å². The Morgan fingerprint density at radius 2 is 1.52 bits per heavy atom. The van der Waals surface area contributed by atoms with Crippen molar-refractivity contribution in [3.63, 3.8) is 0 Å². The van der Waals surface area contributed by atoms with Crippen LogP contribution in [0.25, 0.3) is 0 Å². The van der Waals surface area contributed by atoms with Crippen LogP contribution in [0.5, 0.6) is 0 Å². The van der Waals surface area contributed by atoms with Crippen LogP contribution in [0, 0.1) is 0 Å². The van der Waals surface area contributed by atoms with Crippen LogP contribution in [0.15, 0.2) is 60.7 Å². The molecule has 3 rings (SSSR count). The Morgan fingerprint density at radius 3 is 2.07 bits per heavy atom. The van der Waals surface area contributed by atoms with Gasteiger partial charge in [0, 0.05) is 12.5 Å². The van der Waals surface area contributed by atoms with Crippen molar-refractivity contribution in [3.8, 4) is 0 Å². The van der Waals surface area contributed by atoms with Crippen LogP contribution >= 0.6 is 0 Å². The summed E-state index contributed by atoms with van der Waals surface area (Å²) >= 11 is 0. The van der Waals surface area contributed by atoms with E-state index in [1.54, 1.807) is 4.90 Å². The lowest BCUT2D eigenvalue weighted by atomic mass is 10.0. The van der Waals surface area contributed by atoms with Gasteiger partial charge in [-0.15, -0.1) is 0 Å². The summed E-state index contributed by atoms with van der Waals surface area (Å²) in [6.45, 7) is 0.180. The lowest BCUT2D eigenvalue weighted by molar-refractivity contribution is -0.123. The number of nitrogens with two attached hydrogens (primary N) is 1. The van der Waals surface area contributed by atoms with E-state index < -0.39 is 18.0 Å². The van der Waals surface area contributed by atoms with Gasteiger partial charge in [0.15, 0.2) is 0 Å². The number of hydrogen-bond donors (Lipinski definition) is 1. The maximum absolute atomic E-state index is 12.9. The normalized spacial score (nSPS) is 15.3. The third kappa shape index (κ3) is 5.09. The summed E-state index contributed by atoms with van der Waals surface area (Å²) in [4.78, 5) is 26.8. The number of carbonyl (C=O) groups is 2. The molecule has 142 valence electrons. The molecule has 0 bridgehead atoms. The fourth-order valence-corrected chi connectivity index (χ4v) is 3.68. The van der Waals surface area contributed by atoms with E-state index in [0.29, 0.717) is 6.42 Å². The molecular formula is C22H26N2O3. The van der Waals surface area contributed by atoms with E-state index >= 15 is 0 Å². The molecule has 1 aliphatic rings. The Bertz CT molecular complexity index is 743. The van der Waals surface area contributed by atoms with Gasteiger partial charge in [-0.1, -0.05) is 73.5 Å². The number of rotatable bonds is 7. The van der Waals surface area contributed by atoms with Crippen LogP contribution in [0.2, 0.25) is 0 Å². The van der Waals surface area contributed by atoms with E-state index in [-0.39, 0.29) is 12.6 Å². The van der Waals surface area contributed by atoms with Crippen molar-refractivity contribution in [2.24, 2.45) is 5.73 Å². The third-order valence-corrected chi connectivity index (χ3v) is 5.07. The van der Waals surface area contributed by atoms with Crippen LogP contribution in [-0.2, 0) is 22.6 Å². The second kappa shape index (κ2) is 9.21. The summed E-state index contributed by atoms with van der Waals surface area (Å²) in [5.74, 6) is -0.498. The number of amides is 2. The second-order valence-electron chi connectivity index (χ2n) is 6.99. The van der Waals surface area contributed by atoms with Gasteiger partial charge in [0.2, 0.25) is 5.91 Å². The topological polar surface area (TPSA) is 72.6 Å². The fraction of sp³-hybridized carbons (Fsp3) is 0.364. The maximum Gasteiger partial charge on any atom is 0.411 e. The molecule has 2 N–H and O–H groups in total. The van der Waals surface area contributed by atoms with Gasteiger partial charge in [0.25, 0.3) is 0 Å². The molecule has 0 spiro atoms. The van der Waals surface area contributed by atoms with Gasteiger partial charge in [-0.05, 0) is 24.0 Å². The summed E-state index contributed by atoms with van der Waals surface area (Å²) < 4.78 is 5.55. The molecule has 27 heavy (non-hydrogen) atoms. The Morgan fingerprint density at radius 1 is 0.963 bits per heavy atom. The van der Waals surface area contributed by atoms with Crippen LogP contribution in [0.3, 0.4) is 0 Å². The van der Waals surface area contributed by atoms with Gasteiger partial charge < -0.3 is 10.5 Å². The molecule has 2 aromatic rings. The van der Waals surface area contributed by atoms with Crippen molar-refractivity contribution in [1.29, 1.82) is 0 Å². The van der Waals surface area contributed by atoms with Gasteiger partial charge in [-0.2, -0.15) is 0 Å². The lowest BCUT2D eigenvalue weighted by Crippen LogP contribution is -2.53. The van der Waals surface area contributed by atoms with Gasteiger partial charge in [-0.25, -0.2) is 4.79 Å². The molecule has 0 unspecified atom stereocenters. The predicted molar refractivity (Wildman–Crippen MR) is 104 cm³/mol. The molecule has 2 aromatic carbocycles. The van der Waals surface area contributed by atoms with Crippen molar-refractivity contribution >= 4 is 12.0 Å². The van der Waals surface area contributed by atoms with E-state index in [1.807, 2.05) is 60.7 Å². The standard InChI is InChI=1S/C22H26N2O3/c23-21(25)20(15-17-9-3-1-4-10-17)24(19-13-7-8-14-19)22(26)27-16-18-11-5-2-6-12-18/h1-6,9-12,19-20H,7-8,13-16H2,(H2,23,25)/t20-/m0/s1. The molecule has 1 atom stereocenters. The Hall–Kier alpha value is -2.82. The number of ether oxygens (including phenoxy) is 1. The molecule has 1 aliphatic carbocycles. The molecule has 1 saturated carbocycles. The molecule has 5 nitrogen and oxygen atoms in total. The Balaban J connectivity index is 1.77. The minimum absolute atomic E-state index is 0.00511. The highest BCUT2D eigenvalue weighted by Gasteiger charge is 2.36. The zero-order valence-corrected chi connectivity index (χ0v) is 15.4. The van der Waals surface area contributed by atoms with E-state index in [2.05, 4.69) is 0 Å². The van der Waals surface area contributed by atoms with Crippen molar-refractivity contribution in [3.05, 3.63) is 71.8 Å². The van der Waals surface area contributed by atoms with E-state index in [4.69, 9.17) is 10.5 Å². The van der Waals surface area contributed by atoms with Crippen molar-refractivity contribution in [2.75, 3.05) is 0 Å². The smallest absolute Gasteiger partial charge is 0.411 e. The summed E-state index contributed by atoms with van der Waals surface area (Å²) in [6.07, 6.45) is 3.77. The average Bonchev–Trinajstić information content (AvgIpc) is 3.21. The molecule has 0 saturated heterocycles. The highest BCUT2D eigenvalue weighted by molar-refractivity contribution is 5.84. The van der Waals surface area contributed by atoms with Crippen LogP contribution < -0.4 is 5.73 Å². The number of carbonyl (C=O) groups excluding carboxylic acids is 2. The SMILES string of the molecule is NC(=O)[C@H](Cc1ccccc1)N(C(=O)OCc1ccccc1)C1CCCC1. The highest BCUT2D eigenvalue weighted by Crippen LogP contribution is 2.27. The molecule has 0 aromatic heterocycles. The van der Waals surface area contributed by atoms with Crippen LogP contribution in [0.1, 0.15) is 36.8 Å². The van der Waals surface area contributed by atoms with E-state index in [1.165, 1.54) is 0 Å². The van der Waals surface area contributed by atoms with Crippen LogP contribution in [0.4, 0.5) is 4.79 Å². The van der Waals surface area contributed by atoms with Crippen molar-refractivity contribution in [1.82, 2.24) is 4.90 Å². The first-order valence-electron chi connectivity index (χ1n) is 9.47. The zero-order valence-electron chi connectivity index (χ0n) is 15.4. The molecule has 2 amide bonds. The second-order valence-corrected chi connectivity index (χ2v) is 6.99. The van der Waals surface area contributed by atoms with Gasteiger partial charge in [0.1, 0.15) is 12.6 Å². The average molecular weight is 366 g/mol. The van der Waals surface area contributed by atoms with Gasteiger partial charge >= 0.3 is 6.09 Å². The number of primary amides is 1. The summed E-state index contributed by atoms with van der Waals surface area (Å²) in [7, 11) is 0. The molecule has 0 radical (unpaired) electrons. The minimum atomic E-state index is -0.709. The first-order valence-corrected chi connectivity index (χ1v) is 9.47. The predicted octanol–water partition coefficient (Wildman–Crippen LogP) is 3.66. The largest absolute Gasteiger partial charge is 0.445 e. The number of hydrogen-bond acceptors (Lipinski definition) is 3. The molecule has 0 heterocycles. The van der Waals surface area contributed by atoms with E-state index in [0.717, 1.165) is 36.8 Å². The molecule has 1 fully saturated rings. The molecular weight excluding hydrogens is 340 g/mol. The van der Waals surface area contributed by atoms with Gasteiger partial charge in [0.05, 0.1) is 0 Å². The summed E-state index contributed by atoms with van der Waals surface area (Å²) in [5.41, 5.74) is 7.59. The zero-order chi connectivity index (χ0) is 19.1. The first-order chi connectivity index (χ1) is 13.1. The Labute approximate surface area is 160 Å². The molecule has 0 aliphatic heterocycles. The number of nitrogens with zero attached hydrogens (tertiary/aromatic N) is 1. The minimum Gasteiger partial charge on any atom is -0.445 e. The third-order valence-electron chi connectivity index (χ3n) is 5.07. The van der Waals surface area contributed by atoms with Crippen LogP contribution in [-0.4, -0.2) is 29.0 Å². The number of benzene rings is 2.